The van der Waals surface area contributed by atoms with Gasteiger partial charge in [0.15, 0.2) is 0 Å². The molecule has 0 bridgehead atoms. The quantitative estimate of drug-likeness (QED) is 0.767. The molecule has 82 valence electrons. The summed E-state index contributed by atoms with van der Waals surface area (Å²) in [5.74, 6) is 0.825. The van der Waals surface area contributed by atoms with Crippen molar-refractivity contribution in [2.24, 2.45) is 0 Å². The van der Waals surface area contributed by atoms with E-state index in [9.17, 15) is 0 Å². The Labute approximate surface area is 99.6 Å². The van der Waals surface area contributed by atoms with Crippen LogP contribution in [-0.4, -0.2) is 15.0 Å². The lowest BCUT2D eigenvalue weighted by molar-refractivity contribution is 1.02. The van der Waals surface area contributed by atoms with E-state index in [-0.39, 0.29) is 0 Å². The van der Waals surface area contributed by atoms with E-state index in [4.69, 9.17) is 12.2 Å². The van der Waals surface area contributed by atoms with Crippen LogP contribution in [0.25, 0.3) is 11.3 Å². The molecular weight excluding hydrogens is 218 g/mol. The molecule has 0 spiro atoms. The predicted molar refractivity (Wildman–Crippen MR) is 66.9 cm³/mol. The van der Waals surface area contributed by atoms with Crippen molar-refractivity contribution in [3.8, 4) is 11.3 Å². The highest BCUT2D eigenvalue weighted by molar-refractivity contribution is 7.71. The lowest BCUT2D eigenvalue weighted by Gasteiger charge is -2.07. The summed E-state index contributed by atoms with van der Waals surface area (Å²) in [4.78, 5) is 11.7. The molecule has 0 amide bonds. The summed E-state index contributed by atoms with van der Waals surface area (Å²) in [6, 6.07) is 4.02. The zero-order chi connectivity index (χ0) is 11.7. The molecular formula is C12H13N3S. The SMILES string of the molecule is Cc1ccc(-c2[nH]c(C)nc(=S)c2C)cn1. The highest BCUT2D eigenvalue weighted by Gasteiger charge is 2.05. The lowest BCUT2D eigenvalue weighted by Crippen LogP contribution is -1.96. The summed E-state index contributed by atoms with van der Waals surface area (Å²) in [7, 11) is 0. The van der Waals surface area contributed by atoms with Crippen LogP contribution < -0.4 is 0 Å². The fourth-order valence-corrected chi connectivity index (χ4v) is 1.79. The third kappa shape index (κ3) is 2.02. The fourth-order valence-electron chi connectivity index (χ4n) is 1.55. The van der Waals surface area contributed by atoms with E-state index in [2.05, 4.69) is 15.0 Å². The highest BCUT2D eigenvalue weighted by atomic mass is 32.1. The Morgan fingerprint density at radius 2 is 1.94 bits per heavy atom. The second-order valence-corrected chi connectivity index (χ2v) is 4.20. The molecule has 0 aliphatic heterocycles. The summed E-state index contributed by atoms with van der Waals surface area (Å²) in [6.45, 7) is 5.84. The molecule has 0 fully saturated rings. The minimum absolute atomic E-state index is 0.645. The molecule has 2 aromatic heterocycles. The van der Waals surface area contributed by atoms with Gasteiger partial charge in [0.1, 0.15) is 10.5 Å². The van der Waals surface area contributed by atoms with E-state index >= 15 is 0 Å². The first kappa shape index (κ1) is 11.0. The Kier molecular flexibility index (Phi) is 2.83. The van der Waals surface area contributed by atoms with Gasteiger partial charge >= 0.3 is 0 Å². The minimum atomic E-state index is 0.645. The number of hydrogen-bond donors (Lipinski definition) is 1. The first-order chi connectivity index (χ1) is 7.58. The molecule has 0 atom stereocenters. The molecule has 0 unspecified atom stereocenters. The van der Waals surface area contributed by atoms with Crippen molar-refractivity contribution in [2.75, 3.05) is 0 Å². The summed E-state index contributed by atoms with van der Waals surface area (Å²) in [5.41, 5.74) is 4.04. The van der Waals surface area contributed by atoms with Gasteiger partial charge in [-0.25, -0.2) is 4.98 Å². The Morgan fingerprint density at radius 1 is 1.19 bits per heavy atom. The summed E-state index contributed by atoms with van der Waals surface area (Å²) < 4.78 is 0.645. The number of rotatable bonds is 1. The van der Waals surface area contributed by atoms with Gasteiger partial charge in [0.25, 0.3) is 0 Å². The first-order valence-electron chi connectivity index (χ1n) is 5.08. The number of aromatic amines is 1. The van der Waals surface area contributed by atoms with Crippen molar-refractivity contribution in [3.05, 3.63) is 40.1 Å². The molecule has 2 heterocycles. The van der Waals surface area contributed by atoms with Gasteiger partial charge in [-0.3, -0.25) is 4.98 Å². The normalized spacial score (nSPS) is 10.4. The molecule has 0 aliphatic carbocycles. The van der Waals surface area contributed by atoms with Gasteiger partial charge in [-0.05, 0) is 32.9 Å². The fraction of sp³-hybridized carbons (Fsp3) is 0.250. The van der Waals surface area contributed by atoms with Crippen LogP contribution in [0.5, 0.6) is 0 Å². The van der Waals surface area contributed by atoms with Gasteiger partial charge in [-0.15, -0.1) is 0 Å². The summed E-state index contributed by atoms with van der Waals surface area (Å²) >= 11 is 5.20. The molecule has 4 heteroatoms. The molecule has 3 nitrogen and oxygen atoms in total. The van der Waals surface area contributed by atoms with Crippen LogP contribution >= 0.6 is 12.2 Å². The number of nitrogens with one attached hydrogen (secondary N) is 1. The van der Waals surface area contributed by atoms with Gasteiger partial charge in [0.2, 0.25) is 0 Å². The van der Waals surface area contributed by atoms with Crippen LogP contribution in [0.2, 0.25) is 0 Å². The maximum Gasteiger partial charge on any atom is 0.133 e. The summed E-state index contributed by atoms with van der Waals surface area (Å²) in [6.07, 6.45) is 1.85. The van der Waals surface area contributed by atoms with E-state index in [1.165, 1.54) is 0 Å². The van der Waals surface area contributed by atoms with E-state index in [1.807, 2.05) is 39.1 Å². The number of nitrogens with zero attached hydrogens (tertiary/aromatic N) is 2. The maximum absolute atomic E-state index is 5.20. The zero-order valence-electron chi connectivity index (χ0n) is 9.53. The number of hydrogen-bond acceptors (Lipinski definition) is 3. The van der Waals surface area contributed by atoms with Gasteiger partial charge in [-0.2, -0.15) is 0 Å². The van der Waals surface area contributed by atoms with Crippen molar-refractivity contribution in [2.45, 2.75) is 20.8 Å². The number of H-pyrrole nitrogens is 1. The van der Waals surface area contributed by atoms with Crippen LogP contribution in [0.1, 0.15) is 17.1 Å². The van der Waals surface area contributed by atoms with Gasteiger partial charge in [-0.1, -0.05) is 12.2 Å². The van der Waals surface area contributed by atoms with E-state index in [1.54, 1.807) is 0 Å². The smallest absolute Gasteiger partial charge is 0.133 e. The second-order valence-electron chi connectivity index (χ2n) is 3.82. The number of pyridine rings is 1. The molecule has 0 aromatic carbocycles. The molecule has 0 saturated heterocycles. The molecule has 0 aliphatic rings. The summed E-state index contributed by atoms with van der Waals surface area (Å²) in [5, 5.41) is 0. The Balaban J connectivity index is 2.64. The van der Waals surface area contributed by atoms with E-state index < -0.39 is 0 Å². The molecule has 1 N–H and O–H groups in total. The molecule has 2 rings (SSSR count). The largest absolute Gasteiger partial charge is 0.343 e. The second kappa shape index (κ2) is 4.14. The Morgan fingerprint density at radius 3 is 2.56 bits per heavy atom. The monoisotopic (exact) mass is 231 g/mol. The standard InChI is InChI=1S/C12H13N3S/c1-7-4-5-10(6-13-7)11-8(2)12(16)15-9(3)14-11/h4-6H,1-3H3,(H,14,15,16). The first-order valence-corrected chi connectivity index (χ1v) is 5.49. The van der Waals surface area contributed by atoms with Crippen molar-refractivity contribution in [3.63, 3.8) is 0 Å². The van der Waals surface area contributed by atoms with Gasteiger partial charge in [0.05, 0.1) is 5.69 Å². The van der Waals surface area contributed by atoms with E-state index in [0.29, 0.717) is 4.64 Å². The molecule has 0 radical (unpaired) electrons. The van der Waals surface area contributed by atoms with E-state index in [0.717, 1.165) is 28.3 Å². The lowest BCUT2D eigenvalue weighted by atomic mass is 10.1. The molecule has 16 heavy (non-hydrogen) atoms. The van der Waals surface area contributed by atoms with Crippen LogP contribution in [0.3, 0.4) is 0 Å². The van der Waals surface area contributed by atoms with Gasteiger partial charge < -0.3 is 4.98 Å². The average molecular weight is 231 g/mol. The third-order valence-electron chi connectivity index (χ3n) is 2.47. The van der Waals surface area contributed by atoms with Crippen LogP contribution in [-0.2, 0) is 0 Å². The predicted octanol–water partition coefficient (Wildman–Crippen LogP) is 3.13. The van der Waals surface area contributed by atoms with Crippen molar-refractivity contribution < 1.29 is 0 Å². The Bertz CT molecular complexity index is 570. The zero-order valence-corrected chi connectivity index (χ0v) is 10.4. The highest BCUT2D eigenvalue weighted by Crippen LogP contribution is 2.20. The third-order valence-corrected chi connectivity index (χ3v) is 2.87. The van der Waals surface area contributed by atoms with Crippen LogP contribution in [0.15, 0.2) is 18.3 Å². The van der Waals surface area contributed by atoms with Crippen LogP contribution in [0, 0.1) is 25.4 Å². The Hall–Kier alpha value is -1.55. The van der Waals surface area contributed by atoms with Crippen molar-refractivity contribution in [1.82, 2.24) is 15.0 Å². The molecule has 2 aromatic rings. The topological polar surface area (TPSA) is 41.6 Å². The number of aryl methyl sites for hydroxylation is 2. The number of aromatic nitrogens is 3. The minimum Gasteiger partial charge on any atom is -0.343 e. The average Bonchev–Trinajstić information content (AvgIpc) is 2.25. The molecule has 0 saturated carbocycles. The van der Waals surface area contributed by atoms with Gasteiger partial charge in [0, 0.05) is 23.0 Å². The van der Waals surface area contributed by atoms with Crippen molar-refractivity contribution in [1.29, 1.82) is 0 Å². The van der Waals surface area contributed by atoms with Crippen molar-refractivity contribution >= 4 is 12.2 Å². The maximum atomic E-state index is 5.20. The van der Waals surface area contributed by atoms with Crippen LogP contribution in [0.4, 0.5) is 0 Å².